The number of hydrogen-bond donors (Lipinski definition) is 1. The molecule has 2 saturated carbocycles. The van der Waals surface area contributed by atoms with Gasteiger partial charge in [-0.25, -0.2) is 0 Å². The molecular weight excluding hydrogens is 100 g/mol. The van der Waals surface area contributed by atoms with Crippen LogP contribution in [-0.4, -0.2) is 11.7 Å². The Morgan fingerprint density at radius 1 is 1.25 bits per heavy atom. The molecule has 0 heterocycles. The zero-order valence-corrected chi connectivity index (χ0v) is 5.01. The molecule has 1 heteroatoms. The second-order valence-electron chi connectivity index (χ2n) is 3.11. The summed E-state index contributed by atoms with van der Waals surface area (Å²) in [5, 5.41) is 8.71. The van der Waals surface area contributed by atoms with Crippen LogP contribution < -0.4 is 0 Å². The minimum absolute atomic E-state index is 0.454. The SMILES string of the molecule is OCC1[C@H]2CCC[C@H]12. The maximum Gasteiger partial charge on any atom is 0.0464 e. The molecule has 1 N–H and O–H groups in total. The van der Waals surface area contributed by atoms with E-state index in [1.54, 1.807) is 0 Å². The molecule has 0 saturated heterocycles. The summed E-state index contributed by atoms with van der Waals surface area (Å²) in [5.74, 6) is 2.61. The minimum atomic E-state index is 0.454. The van der Waals surface area contributed by atoms with E-state index in [9.17, 15) is 0 Å². The largest absolute Gasteiger partial charge is 0.396 e. The minimum Gasteiger partial charge on any atom is -0.396 e. The third-order valence-electron chi connectivity index (χ3n) is 2.79. The van der Waals surface area contributed by atoms with E-state index >= 15 is 0 Å². The molecule has 2 rings (SSSR count). The average molecular weight is 112 g/mol. The molecule has 0 aromatic rings. The number of fused-ring (bicyclic) bond motifs is 1. The molecule has 0 amide bonds. The first-order chi connectivity index (χ1) is 3.93. The zero-order valence-electron chi connectivity index (χ0n) is 5.01. The second-order valence-corrected chi connectivity index (χ2v) is 3.11. The Kier molecular flexibility index (Phi) is 0.884. The molecule has 2 aliphatic rings. The van der Waals surface area contributed by atoms with Gasteiger partial charge in [-0.3, -0.25) is 0 Å². The van der Waals surface area contributed by atoms with Gasteiger partial charge in [0.2, 0.25) is 0 Å². The van der Waals surface area contributed by atoms with E-state index in [1.165, 1.54) is 19.3 Å². The molecule has 0 radical (unpaired) electrons. The van der Waals surface area contributed by atoms with Crippen molar-refractivity contribution in [2.24, 2.45) is 17.8 Å². The Morgan fingerprint density at radius 3 is 2.25 bits per heavy atom. The standard InChI is InChI=1S/C7H12O/c8-4-7-5-2-1-3-6(5)7/h5-8H,1-4H2/t5-,6-/m0/s1. The van der Waals surface area contributed by atoms with E-state index in [0.717, 1.165) is 17.8 Å². The maximum absolute atomic E-state index is 8.71. The summed E-state index contributed by atoms with van der Waals surface area (Å²) in [6, 6.07) is 0. The predicted octanol–water partition coefficient (Wildman–Crippen LogP) is 1.02. The first-order valence-corrected chi connectivity index (χ1v) is 3.54. The van der Waals surface area contributed by atoms with Crippen LogP contribution >= 0.6 is 0 Å². The fourth-order valence-electron chi connectivity index (χ4n) is 2.24. The van der Waals surface area contributed by atoms with Gasteiger partial charge in [0.1, 0.15) is 0 Å². The Morgan fingerprint density at radius 2 is 1.88 bits per heavy atom. The fraction of sp³-hybridized carbons (Fsp3) is 1.00. The Hall–Kier alpha value is -0.0400. The third kappa shape index (κ3) is 0.455. The summed E-state index contributed by atoms with van der Waals surface area (Å²) in [5.41, 5.74) is 0. The summed E-state index contributed by atoms with van der Waals surface area (Å²) in [6.45, 7) is 0.454. The van der Waals surface area contributed by atoms with Crippen molar-refractivity contribution in [3.8, 4) is 0 Å². The number of rotatable bonds is 1. The van der Waals surface area contributed by atoms with Crippen LogP contribution in [0.4, 0.5) is 0 Å². The highest BCUT2D eigenvalue weighted by Crippen LogP contribution is 2.56. The van der Waals surface area contributed by atoms with Gasteiger partial charge < -0.3 is 5.11 Å². The summed E-state index contributed by atoms with van der Waals surface area (Å²) in [7, 11) is 0. The van der Waals surface area contributed by atoms with Gasteiger partial charge in [0.15, 0.2) is 0 Å². The van der Waals surface area contributed by atoms with Gasteiger partial charge in [0.25, 0.3) is 0 Å². The molecule has 2 aliphatic carbocycles. The quantitative estimate of drug-likeness (QED) is 0.537. The monoisotopic (exact) mass is 112 g/mol. The van der Waals surface area contributed by atoms with Gasteiger partial charge >= 0.3 is 0 Å². The van der Waals surface area contributed by atoms with Crippen molar-refractivity contribution in [1.82, 2.24) is 0 Å². The maximum atomic E-state index is 8.71. The lowest BCUT2D eigenvalue weighted by atomic mass is 10.2. The molecule has 0 unspecified atom stereocenters. The number of aliphatic hydroxyl groups excluding tert-OH is 1. The molecule has 8 heavy (non-hydrogen) atoms. The first kappa shape index (κ1) is 4.80. The average Bonchev–Trinajstić information content (AvgIpc) is 2.22. The van der Waals surface area contributed by atoms with E-state index in [4.69, 9.17) is 5.11 Å². The van der Waals surface area contributed by atoms with E-state index in [-0.39, 0.29) is 0 Å². The topological polar surface area (TPSA) is 20.2 Å². The van der Waals surface area contributed by atoms with Crippen LogP contribution in [0.5, 0.6) is 0 Å². The van der Waals surface area contributed by atoms with Crippen molar-refractivity contribution in [1.29, 1.82) is 0 Å². The van der Waals surface area contributed by atoms with Crippen LogP contribution in [-0.2, 0) is 0 Å². The highest BCUT2D eigenvalue weighted by Gasteiger charge is 2.51. The number of hydrogen-bond acceptors (Lipinski definition) is 1. The van der Waals surface area contributed by atoms with E-state index in [1.807, 2.05) is 0 Å². The Labute approximate surface area is 49.7 Å². The number of aliphatic hydroxyl groups is 1. The fourth-order valence-corrected chi connectivity index (χ4v) is 2.24. The van der Waals surface area contributed by atoms with Crippen LogP contribution in [0.2, 0.25) is 0 Å². The lowest BCUT2D eigenvalue weighted by Crippen LogP contribution is -1.91. The van der Waals surface area contributed by atoms with Crippen molar-refractivity contribution in [3.05, 3.63) is 0 Å². The Balaban J connectivity index is 1.94. The van der Waals surface area contributed by atoms with Gasteiger partial charge in [-0.15, -0.1) is 0 Å². The highest BCUT2D eigenvalue weighted by atomic mass is 16.3. The second kappa shape index (κ2) is 1.47. The van der Waals surface area contributed by atoms with Crippen LogP contribution in [0.15, 0.2) is 0 Å². The van der Waals surface area contributed by atoms with Crippen molar-refractivity contribution < 1.29 is 5.11 Å². The highest BCUT2D eigenvalue weighted by molar-refractivity contribution is 5.00. The zero-order chi connectivity index (χ0) is 5.56. The molecule has 46 valence electrons. The van der Waals surface area contributed by atoms with Crippen molar-refractivity contribution in [2.45, 2.75) is 19.3 Å². The van der Waals surface area contributed by atoms with Crippen LogP contribution in [0, 0.1) is 17.8 Å². The lowest BCUT2D eigenvalue weighted by molar-refractivity contribution is 0.256. The molecule has 0 spiro atoms. The van der Waals surface area contributed by atoms with E-state index in [0.29, 0.717) is 6.61 Å². The van der Waals surface area contributed by atoms with Gasteiger partial charge in [-0.2, -0.15) is 0 Å². The summed E-state index contributed by atoms with van der Waals surface area (Å²) >= 11 is 0. The molecule has 0 aromatic heterocycles. The summed E-state index contributed by atoms with van der Waals surface area (Å²) < 4.78 is 0. The van der Waals surface area contributed by atoms with Crippen LogP contribution in [0.25, 0.3) is 0 Å². The van der Waals surface area contributed by atoms with E-state index < -0.39 is 0 Å². The summed E-state index contributed by atoms with van der Waals surface area (Å²) in [4.78, 5) is 0. The predicted molar refractivity (Wildman–Crippen MR) is 31.4 cm³/mol. The molecule has 2 fully saturated rings. The first-order valence-electron chi connectivity index (χ1n) is 3.54. The molecule has 0 bridgehead atoms. The van der Waals surface area contributed by atoms with Gasteiger partial charge in [0, 0.05) is 6.61 Å². The van der Waals surface area contributed by atoms with Gasteiger partial charge in [0.05, 0.1) is 0 Å². The molecule has 0 aliphatic heterocycles. The Bertz CT molecular complexity index is 83.8. The van der Waals surface area contributed by atoms with Crippen molar-refractivity contribution >= 4 is 0 Å². The smallest absolute Gasteiger partial charge is 0.0464 e. The molecule has 2 atom stereocenters. The molecular formula is C7H12O. The van der Waals surface area contributed by atoms with Crippen molar-refractivity contribution in [3.63, 3.8) is 0 Å². The van der Waals surface area contributed by atoms with Crippen LogP contribution in [0.3, 0.4) is 0 Å². The van der Waals surface area contributed by atoms with Gasteiger partial charge in [-0.1, -0.05) is 6.42 Å². The van der Waals surface area contributed by atoms with Crippen LogP contribution in [0.1, 0.15) is 19.3 Å². The lowest BCUT2D eigenvalue weighted by Gasteiger charge is -1.94. The van der Waals surface area contributed by atoms with Gasteiger partial charge in [-0.05, 0) is 30.6 Å². The molecule has 0 aromatic carbocycles. The van der Waals surface area contributed by atoms with Crippen molar-refractivity contribution in [2.75, 3.05) is 6.61 Å². The molecule has 1 nitrogen and oxygen atoms in total. The van der Waals surface area contributed by atoms with E-state index in [2.05, 4.69) is 0 Å². The normalized spacial score (nSPS) is 51.4. The third-order valence-corrected chi connectivity index (χ3v) is 2.79. The summed E-state index contributed by atoms with van der Waals surface area (Å²) in [6.07, 6.45) is 4.22.